The summed E-state index contributed by atoms with van der Waals surface area (Å²) in [4.78, 5) is 3.82. The standard InChI is InChI=1S/C16H11F3N4O/c17-16(18,19)13-4-11-3-10(1-2-14(11)21-6-13)7-23-8-12(9-24)15(5-20)22-23/h1-4,6,8,24H,7,9H2. The summed E-state index contributed by atoms with van der Waals surface area (Å²) >= 11 is 0. The van der Waals surface area contributed by atoms with Crippen LogP contribution in [0.2, 0.25) is 0 Å². The van der Waals surface area contributed by atoms with Crippen molar-refractivity contribution in [3.8, 4) is 6.07 Å². The van der Waals surface area contributed by atoms with E-state index in [1.54, 1.807) is 18.2 Å². The molecular formula is C16H11F3N4O. The Bertz CT molecular complexity index is 941. The average molecular weight is 332 g/mol. The molecule has 0 bridgehead atoms. The monoisotopic (exact) mass is 332 g/mol. The fourth-order valence-corrected chi connectivity index (χ4v) is 2.37. The molecule has 5 nitrogen and oxygen atoms in total. The van der Waals surface area contributed by atoms with Gasteiger partial charge >= 0.3 is 6.18 Å². The third kappa shape index (κ3) is 3.07. The van der Waals surface area contributed by atoms with E-state index in [1.165, 1.54) is 10.9 Å². The summed E-state index contributed by atoms with van der Waals surface area (Å²) in [7, 11) is 0. The lowest BCUT2D eigenvalue weighted by atomic mass is 10.1. The zero-order valence-corrected chi connectivity index (χ0v) is 12.2. The van der Waals surface area contributed by atoms with Crippen LogP contribution in [-0.2, 0) is 19.3 Å². The molecule has 0 saturated carbocycles. The Balaban J connectivity index is 1.95. The molecule has 2 aromatic heterocycles. The highest BCUT2D eigenvalue weighted by Gasteiger charge is 2.31. The van der Waals surface area contributed by atoms with Crippen LogP contribution in [0.15, 0.2) is 36.7 Å². The summed E-state index contributed by atoms with van der Waals surface area (Å²) < 4.78 is 39.8. The third-order valence-electron chi connectivity index (χ3n) is 3.53. The lowest BCUT2D eigenvalue weighted by molar-refractivity contribution is -0.137. The lowest BCUT2D eigenvalue weighted by Crippen LogP contribution is -2.05. The number of rotatable bonds is 3. The molecule has 0 saturated heterocycles. The molecule has 0 spiro atoms. The molecule has 1 aromatic carbocycles. The maximum absolute atomic E-state index is 12.8. The highest BCUT2D eigenvalue weighted by atomic mass is 19.4. The Morgan fingerprint density at radius 2 is 2.04 bits per heavy atom. The Labute approximate surface area is 134 Å². The molecule has 0 aliphatic heterocycles. The molecule has 0 aliphatic rings. The molecule has 24 heavy (non-hydrogen) atoms. The average Bonchev–Trinajstić information content (AvgIpc) is 2.95. The van der Waals surface area contributed by atoms with Gasteiger partial charge in [-0.1, -0.05) is 6.07 Å². The van der Waals surface area contributed by atoms with Crippen molar-refractivity contribution in [3.05, 3.63) is 59.0 Å². The number of hydrogen-bond acceptors (Lipinski definition) is 4. The van der Waals surface area contributed by atoms with E-state index in [0.29, 0.717) is 22.0 Å². The minimum Gasteiger partial charge on any atom is -0.392 e. The van der Waals surface area contributed by atoms with E-state index in [9.17, 15) is 13.2 Å². The van der Waals surface area contributed by atoms with Crippen LogP contribution in [-0.4, -0.2) is 19.9 Å². The van der Waals surface area contributed by atoms with Gasteiger partial charge in [0.25, 0.3) is 0 Å². The minimum atomic E-state index is -4.45. The number of benzene rings is 1. The molecule has 0 unspecified atom stereocenters. The predicted molar refractivity (Wildman–Crippen MR) is 78.7 cm³/mol. The number of alkyl halides is 3. The van der Waals surface area contributed by atoms with E-state index in [0.717, 1.165) is 12.3 Å². The van der Waals surface area contributed by atoms with Crippen LogP contribution >= 0.6 is 0 Å². The normalized spacial score (nSPS) is 11.6. The van der Waals surface area contributed by atoms with E-state index in [1.807, 2.05) is 6.07 Å². The Morgan fingerprint density at radius 1 is 1.25 bits per heavy atom. The molecule has 8 heteroatoms. The number of nitrogens with zero attached hydrogens (tertiary/aromatic N) is 4. The van der Waals surface area contributed by atoms with Crippen molar-refractivity contribution < 1.29 is 18.3 Å². The first kappa shape index (κ1) is 16.0. The van der Waals surface area contributed by atoms with E-state index < -0.39 is 11.7 Å². The summed E-state index contributed by atoms with van der Waals surface area (Å²) in [6.07, 6.45) is -2.10. The molecule has 122 valence electrons. The van der Waals surface area contributed by atoms with Crippen molar-refractivity contribution in [3.63, 3.8) is 0 Å². The molecule has 0 radical (unpaired) electrons. The molecule has 3 rings (SSSR count). The van der Waals surface area contributed by atoms with Crippen LogP contribution in [0.5, 0.6) is 0 Å². The number of nitriles is 1. The first-order chi connectivity index (χ1) is 11.4. The molecule has 3 aromatic rings. The van der Waals surface area contributed by atoms with Crippen LogP contribution < -0.4 is 0 Å². The van der Waals surface area contributed by atoms with Gasteiger partial charge in [0.1, 0.15) is 6.07 Å². The van der Waals surface area contributed by atoms with Crippen LogP contribution in [0.3, 0.4) is 0 Å². The first-order valence-corrected chi connectivity index (χ1v) is 6.94. The van der Waals surface area contributed by atoms with Crippen molar-refractivity contribution in [2.75, 3.05) is 0 Å². The number of aliphatic hydroxyl groups is 1. The predicted octanol–water partition coefficient (Wildman–Crippen LogP) is 2.86. The summed E-state index contributed by atoms with van der Waals surface area (Å²) in [6.45, 7) is -0.0413. The lowest BCUT2D eigenvalue weighted by Gasteiger charge is -2.08. The number of aromatic nitrogens is 3. The second-order valence-corrected chi connectivity index (χ2v) is 5.22. The van der Waals surface area contributed by atoms with Gasteiger partial charge in [-0.3, -0.25) is 9.67 Å². The fraction of sp³-hybridized carbons (Fsp3) is 0.188. The third-order valence-corrected chi connectivity index (χ3v) is 3.53. The molecule has 2 heterocycles. The fourth-order valence-electron chi connectivity index (χ4n) is 2.37. The molecule has 0 atom stereocenters. The quantitative estimate of drug-likeness (QED) is 0.800. The van der Waals surface area contributed by atoms with Gasteiger partial charge in [-0.2, -0.15) is 23.5 Å². The molecule has 0 fully saturated rings. The Morgan fingerprint density at radius 3 is 2.67 bits per heavy atom. The number of pyridine rings is 1. The molecular weight excluding hydrogens is 321 g/mol. The van der Waals surface area contributed by atoms with Crippen molar-refractivity contribution >= 4 is 10.9 Å². The molecule has 1 N–H and O–H groups in total. The van der Waals surface area contributed by atoms with Crippen LogP contribution in [0, 0.1) is 11.3 Å². The van der Waals surface area contributed by atoms with Crippen LogP contribution in [0.25, 0.3) is 10.9 Å². The number of aliphatic hydroxyl groups excluding tert-OH is 1. The van der Waals surface area contributed by atoms with Crippen molar-refractivity contribution in [2.24, 2.45) is 0 Å². The van der Waals surface area contributed by atoms with Gasteiger partial charge < -0.3 is 5.11 Å². The number of halogens is 3. The van der Waals surface area contributed by atoms with E-state index in [4.69, 9.17) is 10.4 Å². The van der Waals surface area contributed by atoms with Gasteiger partial charge in [0, 0.05) is 23.3 Å². The Hall–Kier alpha value is -2.92. The zero-order valence-electron chi connectivity index (χ0n) is 12.2. The maximum atomic E-state index is 12.8. The van der Waals surface area contributed by atoms with E-state index in [2.05, 4.69) is 10.1 Å². The van der Waals surface area contributed by atoms with Gasteiger partial charge in [0.05, 0.1) is 24.2 Å². The van der Waals surface area contributed by atoms with Gasteiger partial charge in [0.15, 0.2) is 5.69 Å². The summed E-state index contributed by atoms with van der Waals surface area (Å²) in [5.41, 5.74) is 0.889. The summed E-state index contributed by atoms with van der Waals surface area (Å²) in [5, 5.41) is 22.5. The molecule has 0 amide bonds. The smallest absolute Gasteiger partial charge is 0.392 e. The van der Waals surface area contributed by atoms with E-state index >= 15 is 0 Å². The van der Waals surface area contributed by atoms with Crippen molar-refractivity contribution in [2.45, 2.75) is 19.3 Å². The largest absolute Gasteiger partial charge is 0.417 e. The molecule has 0 aliphatic carbocycles. The van der Waals surface area contributed by atoms with Gasteiger partial charge in [-0.25, -0.2) is 0 Å². The van der Waals surface area contributed by atoms with Gasteiger partial charge in [0.2, 0.25) is 0 Å². The van der Waals surface area contributed by atoms with Crippen LogP contribution in [0.4, 0.5) is 13.2 Å². The highest BCUT2D eigenvalue weighted by Crippen LogP contribution is 2.30. The number of fused-ring (bicyclic) bond motifs is 1. The SMILES string of the molecule is N#Cc1nn(Cc2ccc3ncc(C(F)(F)F)cc3c2)cc1CO. The van der Waals surface area contributed by atoms with Crippen molar-refractivity contribution in [1.82, 2.24) is 14.8 Å². The zero-order chi connectivity index (χ0) is 17.3. The van der Waals surface area contributed by atoms with Gasteiger partial charge in [-0.05, 0) is 23.8 Å². The second-order valence-electron chi connectivity index (χ2n) is 5.22. The Kier molecular flexibility index (Phi) is 3.95. The van der Waals surface area contributed by atoms with Crippen molar-refractivity contribution in [1.29, 1.82) is 5.26 Å². The van der Waals surface area contributed by atoms with Crippen LogP contribution in [0.1, 0.15) is 22.4 Å². The topological polar surface area (TPSA) is 74.7 Å². The summed E-state index contributed by atoms with van der Waals surface area (Å²) in [6, 6.07) is 7.89. The number of hydrogen-bond donors (Lipinski definition) is 1. The first-order valence-electron chi connectivity index (χ1n) is 6.94. The van der Waals surface area contributed by atoms with E-state index in [-0.39, 0.29) is 18.8 Å². The second kappa shape index (κ2) is 5.94. The van der Waals surface area contributed by atoms with Gasteiger partial charge in [-0.15, -0.1) is 0 Å². The summed E-state index contributed by atoms with van der Waals surface area (Å²) in [5.74, 6) is 0. The minimum absolute atomic E-state index is 0.124. The maximum Gasteiger partial charge on any atom is 0.417 e. The highest BCUT2D eigenvalue weighted by molar-refractivity contribution is 5.79.